The number of aromatic nitrogens is 2. The summed E-state index contributed by atoms with van der Waals surface area (Å²) in [6.07, 6.45) is 0. The molecule has 0 saturated heterocycles. The minimum absolute atomic E-state index is 0.486. The van der Waals surface area contributed by atoms with Gasteiger partial charge in [-0.05, 0) is 25.1 Å². The second-order valence-electron chi connectivity index (χ2n) is 4.52. The molecule has 0 aliphatic heterocycles. The summed E-state index contributed by atoms with van der Waals surface area (Å²) in [5, 5.41) is 4.02. The quantitative estimate of drug-likeness (QED) is 0.725. The molecule has 0 spiro atoms. The van der Waals surface area contributed by atoms with E-state index in [4.69, 9.17) is 9.26 Å². The Balaban J connectivity index is 1.95. The summed E-state index contributed by atoms with van der Waals surface area (Å²) in [5.74, 6) is 1.83. The van der Waals surface area contributed by atoms with Gasteiger partial charge >= 0.3 is 0 Å². The van der Waals surface area contributed by atoms with Crippen molar-refractivity contribution >= 4 is 0 Å². The third-order valence-corrected chi connectivity index (χ3v) is 3.05. The molecule has 1 aromatic heterocycles. The zero-order chi connectivity index (χ0) is 13.9. The van der Waals surface area contributed by atoms with Crippen molar-refractivity contribution in [3.8, 4) is 28.6 Å². The van der Waals surface area contributed by atoms with E-state index < -0.39 is 0 Å². The van der Waals surface area contributed by atoms with Crippen molar-refractivity contribution < 1.29 is 9.26 Å². The van der Waals surface area contributed by atoms with E-state index in [1.807, 2.05) is 55.5 Å². The second-order valence-corrected chi connectivity index (χ2v) is 4.52. The molecule has 1 heterocycles. The predicted molar refractivity (Wildman–Crippen MR) is 76.5 cm³/mol. The molecule has 4 nitrogen and oxygen atoms in total. The van der Waals surface area contributed by atoms with E-state index in [9.17, 15) is 0 Å². The zero-order valence-electron chi connectivity index (χ0n) is 11.3. The molecule has 0 fully saturated rings. The molecule has 20 heavy (non-hydrogen) atoms. The molecule has 0 radical (unpaired) electrons. The first-order valence-corrected chi connectivity index (χ1v) is 6.31. The van der Waals surface area contributed by atoms with E-state index in [0.717, 1.165) is 16.9 Å². The molecular weight excluding hydrogens is 252 g/mol. The van der Waals surface area contributed by atoms with Crippen LogP contribution in [0, 0.1) is 6.92 Å². The fourth-order valence-corrected chi connectivity index (χ4v) is 1.92. The highest BCUT2D eigenvalue weighted by atomic mass is 16.5. The summed E-state index contributed by atoms with van der Waals surface area (Å²) >= 11 is 0. The maximum absolute atomic E-state index is 5.32. The highest BCUT2D eigenvalue weighted by Gasteiger charge is 2.10. The minimum Gasteiger partial charge on any atom is -0.497 e. The highest BCUT2D eigenvalue weighted by Crippen LogP contribution is 2.25. The van der Waals surface area contributed by atoms with Crippen LogP contribution >= 0.6 is 0 Å². The van der Waals surface area contributed by atoms with Gasteiger partial charge in [0.25, 0.3) is 5.89 Å². The Morgan fingerprint density at radius 3 is 2.55 bits per heavy atom. The van der Waals surface area contributed by atoms with Gasteiger partial charge in [-0.3, -0.25) is 0 Å². The monoisotopic (exact) mass is 266 g/mol. The number of methoxy groups -OCH3 is 1. The number of hydrogen-bond acceptors (Lipinski definition) is 4. The first kappa shape index (κ1) is 12.4. The van der Waals surface area contributed by atoms with Gasteiger partial charge < -0.3 is 9.26 Å². The second kappa shape index (κ2) is 5.17. The van der Waals surface area contributed by atoms with Gasteiger partial charge in [-0.25, -0.2) is 0 Å². The summed E-state index contributed by atoms with van der Waals surface area (Å²) in [6, 6.07) is 15.6. The Hall–Kier alpha value is -2.62. The van der Waals surface area contributed by atoms with Gasteiger partial charge in [-0.15, -0.1) is 0 Å². The molecule has 0 saturated carbocycles. The first-order chi connectivity index (χ1) is 9.76. The van der Waals surface area contributed by atoms with Gasteiger partial charge in [-0.2, -0.15) is 4.98 Å². The first-order valence-electron chi connectivity index (χ1n) is 6.31. The molecular formula is C16H14N2O2. The van der Waals surface area contributed by atoms with Crippen LogP contribution in [0.3, 0.4) is 0 Å². The van der Waals surface area contributed by atoms with Crippen LogP contribution < -0.4 is 4.74 Å². The number of aryl methyl sites for hydroxylation is 1. The van der Waals surface area contributed by atoms with Crippen LogP contribution in [-0.2, 0) is 0 Å². The van der Waals surface area contributed by atoms with E-state index in [1.54, 1.807) is 7.11 Å². The van der Waals surface area contributed by atoms with Crippen molar-refractivity contribution in [3.63, 3.8) is 0 Å². The van der Waals surface area contributed by atoms with E-state index in [0.29, 0.717) is 11.7 Å². The Morgan fingerprint density at radius 2 is 1.80 bits per heavy atom. The smallest absolute Gasteiger partial charge is 0.258 e. The third-order valence-electron chi connectivity index (χ3n) is 3.05. The molecule has 0 aliphatic rings. The lowest BCUT2D eigenvalue weighted by molar-refractivity contribution is 0.413. The summed E-state index contributed by atoms with van der Waals surface area (Å²) in [4.78, 5) is 4.42. The summed E-state index contributed by atoms with van der Waals surface area (Å²) in [6.45, 7) is 2.04. The summed E-state index contributed by atoms with van der Waals surface area (Å²) in [5.41, 5.74) is 2.98. The minimum atomic E-state index is 0.486. The molecule has 100 valence electrons. The van der Waals surface area contributed by atoms with Crippen LogP contribution in [-0.4, -0.2) is 17.3 Å². The lowest BCUT2D eigenvalue weighted by atomic mass is 10.1. The number of hydrogen-bond donors (Lipinski definition) is 0. The van der Waals surface area contributed by atoms with Crippen molar-refractivity contribution in [2.24, 2.45) is 0 Å². The largest absolute Gasteiger partial charge is 0.497 e. The molecule has 2 aromatic carbocycles. The van der Waals surface area contributed by atoms with Crippen LogP contribution in [0.25, 0.3) is 22.8 Å². The Morgan fingerprint density at radius 1 is 1.00 bits per heavy atom. The van der Waals surface area contributed by atoms with Gasteiger partial charge in [0.05, 0.1) is 7.11 Å². The predicted octanol–water partition coefficient (Wildman–Crippen LogP) is 3.72. The number of rotatable bonds is 3. The zero-order valence-corrected chi connectivity index (χ0v) is 11.3. The van der Waals surface area contributed by atoms with Crippen molar-refractivity contribution in [3.05, 3.63) is 54.1 Å². The maximum atomic E-state index is 5.32. The fourth-order valence-electron chi connectivity index (χ4n) is 1.92. The van der Waals surface area contributed by atoms with Crippen molar-refractivity contribution in [1.82, 2.24) is 10.1 Å². The maximum Gasteiger partial charge on any atom is 0.258 e. The van der Waals surface area contributed by atoms with Gasteiger partial charge in [0.15, 0.2) is 0 Å². The van der Waals surface area contributed by atoms with Crippen molar-refractivity contribution in [1.29, 1.82) is 0 Å². The summed E-state index contributed by atoms with van der Waals surface area (Å²) in [7, 11) is 1.63. The Kier molecular flexibility index (Phi) is 3.21. The van der Waals surface area contributed by atoms with Crippen LogP contribution in [0.2, 0.25) is 0 Å². The summed E-state index contributed by atoms with van der Waals surface area (Å²) < 4.78 is 10.5. The number of nitrogens with zero attached hydrogens (tertiary/aromatic N) is 2. The molecule has 0 bridgehead atoms. The standard InChI is InChI=1S/C16H14N2O2/c1-11-6-8-12(9-7-11)15-17-16(20-18-15)13-4-3-5-14(10-13)19-2/h3-10H,1-2H3. The van der Waals surface area contributed by atoms with E-state index >= 15 is 0 Å². The van der Waals surface area contributed by atoms with Gasteiger partial charge in [-0.1, -0.05) is 41.1 Å². The molecule has 0 amide bonds. The van der Waals surface area contributed by atoms with Gasteiger partial charge in [0.1, 0.15) is 5.75 Å². The highest BCUT2D eigenvalue weighted by molar-refractivity contribution is 5.61. The molecule has 3 aromatic rings. The van der Waals surface area contributed by atoms with E-state index in [2.05, 4.69) is 10.1 Å². The molecule has 0 N–H and O–H groups in total. The molecule has 0 atom stereocenters. The molecule has 3 rings (SSSR count). The van der Waals surface area contributed by atoms with Crippen LogP contribution in [0.5, 0.6) is 5.75 Å². The van der Waals surface area contributed by atoms with E-state index in [-0.39, 0.29) is 0 Å². The van der Waals surface area contributed by atoms with E-state index in [1.165, 1.54) is 5.56 Å². The lowest BCUT2D eigenvalue weighted by Crippen LogP contribution is -1.84. The molecule has 4 heteroatoms. The fraction of sp³-hybridized carbons (Fsp3) is 0.125. The van der Waals surface area contributed by atoms with Gasteiger partial charge in [0.2, 0.25) is 5.82 Å². The van der Waals surface area contributed by atoms with Crippen molar-refractivity contribution in [2.45, 2.75) is 6.92 Å². The van der Waals surface area contributed by atoms with Gasteiger partial charge in [0, 0.05) is 11.1 Å². The van der Waals surface area contributed by atoms with Crippen LogP contribution in [0.15, 0.2) is 53.1 Å². The average molecular weight is 266 g/mol. The third kappa shape index (κ3) is 2.40. The van der Waals surface area contributed by atoms with Crippen LogP contribution in [0.1, 0.15) is 5.56 Å². The number of benzene rings is 2. The SMILES string of the molecule is COc1cccc(-c2nc(-c3ccc(C)cc3)no2)c1. The lowest BCUT2D eigenvalue weighted by Gasteiger charge is -1.99. The Labute approximate surface area is 117 Å². The van der Waals surface area contributed by atoms with Crippen LogP contribution in [0.4, 0.5) is 0 Å². The normalized spacial score (nSPS) is 10.5. The Bertz CT molecular complexity index is 717. The molecule has 0 unspecified atom stereocenters. The number of ether oxygens (including phenoxy) is 1. The average Bonchev–Trinajstić information content (AvgIpc) is 2.98. The molecule has 0 aliphatic carbocycles. The van der Waals surface area contributed by atoms with Crippen molar-refractivity contribution in [2.75, 3.05) is 7.11 Å². The topological polar surface area (TPSA) is 48.2 Å².